The van der Waals surface area contributed by atoms with E-state index in [1.807, 2.05) is 6.92 Å². The lowest BCUT2D eigenvalue weighted by Crippen LogP contribution is -2.32. The van der Waals surface area contributed by atoms with Crippen LogP contribution in [-0.4, -0.2) is 58.2 Å². The van der Waals surface area contributed by atoms with Gasteiger partial charge in [0.1, 0.15) is 12.4 Å². The van der Waals surface area contributed by atoms with Crippen LogP contribution in [0.5, 0.6) is 5.75 Å². The standard InChI is InChI=1S/C22H38N4O3/c1-18-28-17-21(29-18)8-4-5-13-25-15-16-27-20-11-9-19(10-12-20)7-3-6-14-26-22(23)24-2/h9-12,18,21,25H,3-8,13-17H2,1-2H3,(H3,23,24,26). The lowest BCUT2D eigenvalue weighted by molar-refractivity contribution is -0.0434. The number of aliphatic imine (C=N–C) groups is 1. The van der Waals surface area contributed by atoms with E-state index in [0.29, 0.717) is 12.6 Å². The molecule has 7 heteroatoms. The van der Waals surface area contributed by atoms with Crippen molar-refractivity contribution in [3.8, 4) is 5.75 Å². The summed E-state index contributed by atoms with van der Waals surface area (Å²) in [4.78, 5) is 3.88. The van der Waals surface area contributed by atoms with E-state index in [1.54, 1.807) is 7.05 Å². The van der Waals surface area contributed by atoms with Gasteiger partial charge in [-0.25, -0.2) is 0 Å². The van der Waals surface area contributed by atoms with Crippen LogP contribution in [-0.2, 0) is 15.9 Å². The normalized spacial score (nSPS) is 19.4. The molecule has 0 amide bonds. The molecule has 0 spiro atoms. The van der Waals surface area contributed by atoms with E-state index >= 15 is 0 Å². The van der Waals surface area contributed by atoms with Crippen LogP contribution in [0.1, 0.15) is 44.6 Å². The zero-order valence-corrected chi connectivity index (χ0v) is 18.0. The quantitative estimate of drug-likeness (QED) is 0.250. The summed E-state index contributed by atoms with van der Waals surface area (Å²) in [6.07, 6.45) is 6.88. The summed E-state index contributed by atoms with van der Waals surface area (Å²) in [5, 5.41) is 6.51. The van der Waals surface area contributed by atoms with Gasteiger partial charge in [-0.2, -0.15) is 0 Å². The molecule has 1 fully saturated rings. The molecule has 0 aromatic heterocycles. The van der Waals surface area contributed by atoms with Crippen molar-refractivity contribution >= 4 is 5.96 Å². The van der Waals surface area contributed by atoms with Crippen molar-refractivity contribution in [1.29, 1.82) is 0 Å². The molecule has 1 aliphatic heterocycles. The molecule has 29 heavy (non-hydrogen) atoms. The first kappa shape index (κ1) is 23.4. The van der Waals surface area contributed by atoms with E-state index in [2.05, 4.69) is 39.9 Å². The molecule has 2 rings (SSSR count). The number of nitrogens with two attached hydrogens (primary N) is 1. The van der Waals surface area contributed by atoms with Crippen LogP contribution in [0, 0.1) is 0 Å². The van der Waals surface area contributed by atoms with Crippen LogP contribution in [0.15, 0.2) is 29.3 Å². The number of ether oxygens (including phenoxy) is 3. The topological polar surface area (TPSA) is 90.1 Å². The van der Waals surface area contributed by atoms with Crippen molar-refractivity contribution in [3.05, 3.63) is 29.8 Å². The second kappa shape index (κ2) is 14.2. The SMILES string of the molecule is CN=C(N)NCCCCc1ccc(OCCNCCCCC2COC(C)O2)cc1. The molecule has 2 unspecified atom stereocenters. The predicted octanol–water partition coefficient (Wildman–Crippen LogP) is 2.44. The summed E-state index contributed by atoms with van der Waals surface area (Å²) in [5.41, 5.74) is 6.93. The maximum absolute atomic E-state index is 5.81. The summed E-state index contributed by atoms with van der Waals surface area (Å²) in [6, 6.07) is 8.40. The van der Waals surface area contributed by atoms with E-state index in [9.17, 15) is 0 Å². The van der Waals surface area contributed by atoms with Gasteiger partial charge < -0.3 is 30.6 Å². The molecule has 0 radical (unpaired) electrons. The smallest absolute Gasteiger partial charge is 0.188 e. The third-order valence-corrected chi connectivity index (χ3v) is 4.94. The highest BCUT2D eigenvalue weighted by atomic mass is 16.7. The fourth-order valence-corrected chi connectivity index (χ4v) is 3.23. The van der Waals surface area contributed by atoms with Crippen molar-refractivity contribution < 1.29 is 14.2 Å². The summed E-state index contributed by atoms with van der Waals surface area (Å²) >= 11 is 0. The minimum Gasteiger partial charge on any atom is -0.492 e. The Morgan fingerprint density at radius 3 is 2.66 bits per heavy atom. The van der Waals surface area contributed by atoms with E-state index in [0.717, 1.165) is 70.5 Å². The highest BCUT2D eigenvalue weighted by Crippen LogP contribution is 2.16. The molecule has 1 heterocycles. The van der Waals surface area contributed by atoms with Crippen LogP contribution in [0.4, 0.5) is 0 Å². The maximum Gasteiger partial charge on any atom is 0.188 e. The van der Waals surface area contributed by atoms with Crippen molar-refractivity contribution in [1.82, 2.24) is 10.6 Å². The minimum atomic E-state index is -0.0347. The number of hydrogen-bond acceptors (Lipinski definition) is 5. The Morgan fingerprint density at radius 2 is 1.93 bits per heavy atom. The Morgan fingerprint density at radius 1 is 1.14 bits per heavy atom. The number of nitrogens with zero attached hydrogens (tertiary/aromatic N) is 1. The average molecular weight is 407 g/mol. The lowest BCUT2D eigenvalue weighted by Gasteiger charge is -2.10. The van der Waals surface area contributed by atoms with Crippen molar-refractivity contribution in [2.45, 2.75) is 57.8 Å². The van der Waals surface area contributed by atoms with Crippen LogP contribution < -0.4 is 21.1 Å². The molecule has 2 atom stereocenters. The highest BCUT2D eigenvalue weighted by molar-refractivity contribution is 5.77. The van der Waals surface area contributed by atoms with E-state index in [1.165, 1.54) is 5.56 Å². The number of benzene rings is 1. The molecule has 0 bridgehead atoms. The first-order valence-corrected chi connectivity index (χ1v) is 10.8. The van der Waals surface area contributed by atoms with Gasteiger partial charge in [0.05, 0.1) is 12.7 Å². The predicted molar refractivity (Wildman–Crippen MR) is 117 cm³/mol. The largest absolute Gasteiger partial charge is 0.492 e. The molecule has 164 valence electrons. The van der Waals surface area contributed by atoms with Gasteiger partial charge in [0.2, 0.25) is 0 Å². The number of rotatable bonds is 14. The number of nitrogens with one attached hydrogen (secondary N) is 2. The molecular weight excluding hydrogens is 368 g/mol. The van der Waals surface area contributed by atoms with Crippen LogP contribution in [0.3, 0.4) is 0 Å². The van der Waals surface area contributed by atoms with Gasteiger partial charge in [0.25, 0.3) is 0 Å². The van der Waals surface area contributed by atoms with Gasteiger partial charge in [-0.3, -0.25) is 4.99 Å². The van der Waals surface area contributed by atoms with Crippen molar-refractivity contribution in [2.75, 3.05) is 39.9 Å². The number of unbranched alkanes of at least 4 members (excludes halogenated alkanes) is 2. The van der Waals surface area contributed by atoms with Gasteiger partial charge in [-0.15, -0.1) is 0 Å². The van der Waals surface area contributed by atoms with Crippen molar-refractivity contribution in [2.24, 2.45) is 10.7 Å². The molecular formula is C22H38N4O3. The van der Waals surface area contributed by atoms with E-state index in [4.69, 9.17) is 19.9 Å². The molecule has 4 N–H and O–H groups in total. The minimum absolute atomic E-state index is 0.0347. The Bertz CT molecular complexity index is 580. The lowest BCUT2D eigenvalue weighted by atomic mass is 10.1. The third-order valence-electron chi connectivity index (χ3n) is 4.94. The van der Waals surface area contributed by atoms with Crippen LogP contribution in [0.2, 0.25) is 0 Å². The Kier molecular flexibility index (Phi) is 11.5. The van der Waals surface area contributed by atoms with Gasteiger partial charge >= 0.3 is 0 Å². The maximum atomic E-state index is 5.81. The van der Waals surface area contributed by atoms with Gasteiger partial charge in [-0.1, -0.05) is 12.1 Å². The molecule has 0 aliphatic carbocycles. The summed E-state index contributed by atoms with van der Waals surface area (Å²) in [7, 11) is 1.69. The number of aryl methyl sites for hydroxylation is 1. The average Bonchev–Trinajstić information content (AvgIpc) is 3.15. The fraction of sp³-hybridized carbons (Fsp3) is 0.682. The molecule has 1 aromatic rings. The molecule has 1 aromatic carbocycles. The van der Waals surface area contributed by atoms with Crippen LogP contribution >= 0.6 is 0 Å². The summed E-state index contributed by atoms with van der Waals surface area (Å²) in [5.74, 6) is 1.43. The molecule has 0 saturated carbocycles. The van der Waals surface area contributed by atoms with E-state index < -0.39 is 0 Å². The molecule has 7 nitrogen and oxygen atoms in total. The zero-order valence-electron chi connectivity index (χ0n) is 18.0. The Balaban J connectivity index is 1.43. The Labute approximate surface area is 175 Å². The fourth-order valence-electron chi connectivity index (χ4n) is 3.23. The summed E-state index contributed by atoms with van der Waals surface area (Å²) in [6.45, 7) is 6.11. The van der Waals surface area contributed by atoms with Gasteiger partial charge in [-0.05, 0) is 69.7 Å². The monoisotopic (exact) mass is 406 g/mol. The highest BCUT2D eigenvalue weighted by Gasteiger charge is 2.21. The molecule has 1 saturated heterocycles. The van der Waals surface area contributed by atoms with Crippen LogP contribution in [0.25, 0.3) is 0 Å². The van der Waals surface area contributed by atoms with Gasteiger partial charge in [0, 0.05) is 20.1 Å². The second-order valence-electron chi connectivity index (χ2n) is 7.39. The number of guanidine groups is 1. The van der Waals surface area contributed by atoms with Gasteiger partial charge in [0.15, 0.2) is 12.2 Å². The van der Waals surface area contributed by atoms with E-state index in [-0.39, 0.29) is 12.4 Å². The number of hydrogen-bond donors (Lipinski definition) is 3. The Hall–Kier alpha value is -1.83. The first-order chi connectivity index (χ1) is 14.2. The first-order valence-electron chi connectivity index (χ1n) is 10.8. The molecule has 1 aliphatic rings. The zero-order chi connectivity index (χ0) is 20.7. The third kappa shape index (κ3) is 10.5. The summed E-state index contributed by atoms with van der Waals surface area (Å²) < 4.78 is 16.8. The van der Waals surface area contributed by atoms with Crippen molar-refractivity contribution in [3.63, 3.8) is 0 Å². The second-order valence-corrected chi connectivity index (χ2v) is 7.39.